The number of aliphatic hydroxyl groups excluding tert-OH is 1. The summed E-state index contributed by atoms with van der Waals surface area (Å²) in [4.78, 5) is 0. The van der Waals surface area contributed by atoms with Crippen molar-refractivity contribution in [3.8, 4) is 0 Å². The average Bonchev–Trinajstić information content (AvgIpc) is 3.11. The number of aryl methyl sites for hydroxylation is 1. The van der Waals surface area contributed by atoms with Crippen LogP contribution in [0.4, 0.5) is 0 Å². The fourth-order valence-electron chi connectivity index (χ4n) is 9.48. The molecule has 3 saturated carbocycles. The molecule has 0 bridgehead atoms. The molecule has 3 fully saturated rings. The van der Waals surface area contributed by atoms with Crippen LogP contribution < -0.4 is 0 Å². The van der Waals surface area contributed by atoms with Gasteiger partial charge in [0.25, 0.3) is 0 Å². The first kappa shape index (κ1) is 22.7. The highest BCUT2D eigenvalue weighted by atomic mass is 16.3. The molecule has 2 N–H and O–H groups in total. The molecule has 8 atom stereocenters. The Morgan fingerprint density at radius 2 is 1.91 bits per heavy atom. The summed E-state index contributed by atoms with van der Waals surface area (Å²) in [6, 6.07) is 8.70. The summed E-state index contributed by atoms with van der Waals surface area (Å²) in [6.45, 7) is 9.18. The Kier molecular flexibility index (Phi) is 5.65. The van der Waals surface area contributed by atoms with Crippen molar-refractivity contribution < 1.29 is 10.2 Å². The normalized spacial score (nSPS) is 42.9. The third-order valence-electron chi connectivity index (χ3n) is 10.8. The van der Waals surface area contributed by atoms with E-state index in [-0.39, 0.29) is 11.5 Å². The highest BCUT2D eigenvalue weighted by molar-refractivity contribution is 5.28. The lowest BCUT2D eigenvalue weighted by Gasteiger charge is -2.59. The molecule has 0 aromatic heterocycles. The standard InChI is InChI=1S/C30H44O2/c1-5-30-16-13-23(31)18-22(30)9-10-24-25-11-12-27(28(25,3)15-14-26(24)30)29(4,32)19-21-8-6-7-20(2)17-21/h6-9,17,23-27,31-32H,5,10-16,18-19H2,1-4H3/t23-,24?,25?,26?,27?,28-,29-,30-/m0/s1. The molecule has 1 aromatic carbocycles. The van der Waals surface area contributed by atoms with Gasteiger partial charge in [0, 0.05) is 6.42 Å². The van der Waals surface area contributed by atoms with Gasteiger partial charge in [0.05, 0.1) is 11.7 Å². The molecule has 2 heteroatoms. The Bertz CT molecular complexity index is 885. The number of allylic oxidation sites excluding steroid dienone is 1. The van der Waals surface area contributed by atoms with Crippen molar-refractivity contribution >= 4 is 0 Å². The second kappa shape index (κ2) is 7.98. The Balaban J connectivity index is 1.41. The molecule has 0 heterocycles. The molecule has 0 spiro atoms. The van der Waals surface area contributed by atoms with Crippen LogP contribution in [0.3, 0.4) is 0 Å². The lowest BCUT2D eigenvalue weighted by atomic mass is 9.45. The Morgan fingerprint density at radius 3 is 2.66 bits per heavy atom. The number of rotatable bonds is 4. The van der Waals surface area contributed by atoms with E-state index < -0.39 is 5.60 Å². The maximum Gasteiger partial charge on any atom is 0.0693 e. The van der Waals surface area contributed by atoms with Gasteiger partial charge >= 0.3 is 0 Å². The summed E-state index contributed by atoms with van der Waals surface area (Å²) >= 11 is 0. The van der Waals surface area contributed by atoms with Gasteiger partial charge < -0.3 is 10.2 Å². The highest BCUT2D eigenvalue weighted by Gasteiger charge is 2.61. The monoisotopic (exact) mass is 436 g/mol. The number of fused-ring (bicyclic) bond motifs is 5. The van der Waals surface area contributed by atoms with Gasteiger partial charge in [-0.2, -0.15) is 0 Å². The van der Waals surface area contributed by atoms with E-state index in [1.807, 2.05) is 0 Å². The van der Waals surface area contributed by atoms with Crippen LogP contribution in [0, 0.1) is 41.4 Å². The summed E-state index contributed by atoms with van der Waals surface area (Å²) in [5, 5.41) is 22.2. The van der Waals surface area contributed by atoms with E-state index >= 15 is 0 Å². The summed E-state index contributed by atoms with van der Waals surface area (Å²) in [7, 11) is 0. The Labute approximate surface area is 195 Å². The molecule has 5 rings (SSSR count). The van der Waals surface area contributed by atoms with Crippen LogP contribution in [0.15, 0.2) is 35.9 Å². The molecular weight excluding hydrogens is 392 g/mol. The molecule has 4 unspecified atom stereocenters. The molecule has 2 nitrogen and oxygen atoms in total. The van der Waals surface area contributed by atoms with Crippen molar-refractivity contribution in [3.63, 3.8) is 0 Å². The largest absolute Gasteiger partial charge is 0.393 e. The highest BCUT2D eigenvalue weighted by Crippen LogP contribution is 2.68. The van der Waals surface area contributed by atoms with Crippen molar-refractivity contribution in [2.24, 2.45) is 34.5 Å². The van der Waals surface area contributed by atoms with Crippen LogP contribution in [0.25, 0.3) is 0 Å². The van der Waals surface area contributed by atoms with E-state index in [0.717, 1.165) is 43.4 Å². The maximum absolute atomic E-state index is 11.8. The lowest BCUT2D eigenvalue weighted by molar-refractivity contribution is -0.104. The molecule has 176 valence electrons. The van der Waals surface area contributed by atoms with Gasteiger partial charge in [-0.25, -0.2) is 0 Å². The van der Waals surface area contributed by atoms with Gasteiger partial charge in [0.1, 0.15) is 0 Å². The van der Waals surface area contributed by atoms with Crippen LogP contribution in [0.5, 0.6) is 0 Å². The van der Waals surface area contributed by atoms with Crippen molar-refractivity contribution in [1.82, 2.24) is 0 Å². The van der Waals surface area contributed by atoms with Crippen LogP contribution in [-0.4, -0.2) is 21.9 Å². The minimum Gasteiger partial charge on any atom is -0.393 e. The molecule has 0 saturated heterocycles. The molecule has 0 aliphatic heterocycles. The molecule has 0 amide bonds. The Hall–Kier alpha value is -1.12. The quantitative estimate of drug-likeness (QED) is 0.521. The third-order valence-corrected chi connectivity index (χ3v) is 10.8. The average molecular weight is 437 g/mol. The molecule has 0 radical (unpaired) electrons. The minimum atomic E-state index is -0.656. The van der Waals surface area contributed by atoms with Gasteiger partial charge in [-0.3, -0.25) is 0 Å². The topological polar surface area (TPSA) is 40.5 Å². The minimum absolute atomic E-state index is 0.126. The molecule has 32 heavy (non-hydrogen) atoms. The summed E-state index contributed by atoms with van der Waals surface area (Å²) in [6.07, 6.45) is 13.7. The second-order valence-electron chi connectivity index (χ2n) is 12.4. The number of hydrogen-bond acceptors (Lipinski definition) is 2. The first-order valence-electron chi connectivity index (χ1n) is 13.3. The van der Waals surface area contributed by atoms with E-state index in [0.29, 0.717) is 11.3 Å². The zero-order valence-corrected chi connectivity index (χ0v) is 20.7. The van der Waals surface area contributed by atoms with Crippen LogP contribution in [0.1, 0.15) is 89.7 Å². The third kappa shape index (κ3) is 3.43. The predicted molar refractivity (Wildman–Crippen MR) is 131 cm³/mol. The van der Waals surface area contributed by atoms with E-state index in [9.17, 15) is 10.2 Å². The lowest BCUT2D eigenvalue weighted by Crippen LogP contribution is -2.54. The summed E-state index contributed by atoms with van der Waals surface area (Å²) in [5.41, 5.74) is 4.06. The second-order valence-corrected chi connectivity index (χ2v) is 12.4. The van der Waals surface area contributed by atoms with Gasteiger partial charge in [-0.1, -0.05) is 55.3 Å². The molecule has 4 aliphatic rings. The summed E-state index contributed by atoms with van der Waals surface area (Å²) < 4.78 is 0. The van der Waals surface area contributed by atoms with Crippen molar-refractivity contribution in [2.45, 2.75) is 104 Å². The van der Waals surface area contributed by atoms with Crippen molar-refractivity contribution in [2.75, 3.05) is 0 Å². The fraction of sp³-hybridized carbons (Fsp3) is 0.733. The number of benzene rings is 1. The maximum atomic E-state index is 11.8. The van der Waals surface area contributed by atoms with E-state index in [1.54, 1.807) is 5.57 Å². The van der Waals surface area contributed by atoms with Gasteiger partial charge in [-0.05, 0) is 112 Å². The summed E-state index contributed by atoms with van der Waals surface area (Å²) in [5.74, 6) is 2.63. The van der Waals surface area contributed by atoms with Crippen LogP contribution in [0.2, 0.25) is 0 Å². The van der Waals surface area contributed by atoms with Gasteiger partial charge in [0.15, 0.2) is 0 Å². The zero-order valence-electron chi connectivity index (χ0n) is 20.7. The van der Waals surface area contributed by atoms with E-state index in [2.05, 4.69) is 58.0 Å². The SMILES string of the molecule is CC[C@]12CC[C@H](O)CC1=CCC1C2CC[C@@]2(C)C1CCC2[C@@](C)(O)Cc1cccc(C)c1. The first-order valence-corrected chi connectivity index (χ1v) is 13.3. The zero-order chi connectivity index (χ0) is 22.7. The van der Waals surface area contributed by atoms with Crippen molar-refractivity contribution in [1.29, 1.82) is 0 Å². The molecular formula is C30H44O2. The smallest absolute Gasteiger partial charge is 0.0693 e. The Morgan fingerprint density at radius 1 is 1.09 bits per heavy atom. The molecule has 4 aliphatic carbocycles. The van der Waals surface area contributed by atoms with Crippen LogP contribution in [-0.2, 0) is 6.42 Å². The first-order chi connectivity index (χ1) is 15.2. The van der Waals surface area contributed by atoms with Gasteiger partial charge in [-0.15, -0.1) is 0 Å². The van der Waals surface area contributed by atoms with E-state index in [4.69, 9.17) is 0 Å². The fourth-order valence-corrected chi connectivity index (χ4v) is 9.48. The van der Waals surface area contributed by atoms with Crippen molar-refractivity contribution in [3.05, 3.63) is 47.0 Å². The van der Waals surface area contributed by atoms with E-state index in [1.165, 1.54) is 49.7 Å². The number of aliphatic hydroxyl groups is 2. The predicted octanol–water partition coefficient (Wildman–Crippen LogP) is 6.62. The van der Waals surface area contributed by atoms with Crippen LogP contribution >= 0.6 is 0 Å². The molecule has 1 aromatic rings. The van der Waals surface area contributed by atoms with Gasteiger partial charge in [0.2, 0.25) is 0 Å². The number of hydrogen-bond donors (Lipinski definition) is 2.